The van der Waals surface area contributed by atoms with Crippen LogP contribution in [0.3, 0.4) is 0 Å². The van der Waals surface area contributed by atoms with E-state index in [1.807, 2.05) is 0 Å². The lowest BCUT2D eigenvalue weighted by atomic mass is 10.4. The maximum Gasteiger partial charge on any atom is 0.352 e. The molecule has 3 N–H and O–H groups in total. The SMILES string of the molecule is Cn1cc(S(=O)(=O)NCCCOCCO)cc1C(=O)O. The number of carboxylic acids is 1. The summed E-state index contributed by atoms with van der Waals surface area (Å²) in [6, 6.07) is 1.10. The van der Waals surface area contributed by atoms with E-state index in [0.29, 0.717) is 13.0 Å². The van der Waals surface area contributed by atoms with E-state index in [1.54, 1.807) is 0 Å². The molecule has 1 aromatic rings. The maximum absolute atomic E-state index is 11.9. The first-order valence-corrected chi connectivity index (χ1v) is 7.44. The first-order chi connectivity index (χ1) is 9.38. The molecule has 0 amide bonds. The Morgan fingerprint density at radius 2 is 2.15 bits per heavy atom. The van der Waals surface area contributed by atoms with Crippen LogP contribution in [0.25, 0.3) is 0 Å². The maximum atomic E-state index is 11.9. The highest BCUT2D eigenvalue weighted by Crippen LogP contribution is 2.13. The molecule has 1 heterocycles. The summed E-state index contributed by atoms with van der Waals surface area (Å²) in [4.78, 5) is 10.8. The van der Waals surface area contributed by atoms with Crippen molar-refractivity contribution in [3.63, 3.8) is 0 Å². The van der Waals surface area contributed by atoms with Gasteiger partial charge in [-0.2, -0.15) is 0 Å². The number of aryl methyl sites for hydroxylation is 1. The molecule has 9 heteroatoms. The van der Waals surface area contributed by atoms with Crippen molar-refractivity contribution in [3.05, 3.63) is 18.0 Å². The molecule has 0 aromatic carbocycles. The molecule has 0 aliphatic heterocycles. The van der Waals surface area contributed by atoms with Crippen LogP contribution >= 0.6 is 0 Å². The van der Waals surface area contributed by atoms with Crippen molar-refractivity contribution in [1.82, 2.24) is 9.29 Å². The summed E-state index contributed by atoms with van der Waals surface area (Å²) in [6.07, 6.45) is 1.70. The van der Waals surface area contributed by atoms with Crippen molar-refractivity contribution in [1.29, 1.82) is 0 Å². The Bertz CT molecular complexity index is 551. The van der Waals surface area contributed by atoms with E-state index < -0.39 is 16.0 Å². The van der Waals surface area contributed by atoms with Gasteiger partial charge in [-0.1, -0.05) is 0 Å². The second-order valence-electron chi connectivity index (χ2n) is 4.06. The highest BCUT2D eigenvalue weighted by atomic mass is 32.2. The third-order valence-corrected chi connectivity index (χ3v) is 3.93. The van der Waals surface area contributed by atoms with Crippen LogP contribution in [0.15, 0.2) is 17.2 Å². The summed E-state index contributed by atoms with van der Waals surface area (Å²) < 4.78 is 32.4. The van der Waals surface area contributed by atoms with Crippen molar-refractivity contribution in [2.45, 2.75) is 11.3 Å². The van der Waals surface area contributed by atoms with Gasteiger partial charge in [0.2, 0.25) is 10.0 Å². The number of aromatic carboxylic acids is 1. The predicted octanol–water partition coefficient (Wildman–Crippen LogP) is -0.599. The third kappa shape index (κ3) is 4.60. The summed E-state index contributed by atoms with van der Waals surface area (Å²) in [5.74, 6) is -1.19. The number of hydrogen-bond acceptors (Lipinski definition) is 5. The summed E-state index contributed by atoms with van der Waals surface area (Å²) >= 11 is 0. The van der Waals surface area contributed by atoms with Crippen LogP contribution in [0.5, 0.6) is 0 Å². The minimum atomic E-state index is -3.73. The average molecular weight is 306 g/mol. The molecule has 0 aliphatic rings. The number of rotatable bonds is 9. The lowest BCUT2D eigenvalue weighted by molar-refractivity contribution is 0.0686. The Morgan fingerprint density at radius 1 is 1.45 bits per heavy atom. The number of hydrogen-bond donors (Lipinski definition) is 3. The number of nitrogens with zero attached hydrogens (tertiary/aromatic N) is 1. The van der Waals surface area contributed by atoms with E-state index in [-0.39, 0.29) is 30.3 Å². The van der Waals surface area contributed by atoms with Crippen molar-refractivity contribution in [3.8, 4) is 0 Å². The number of aliphatic hydroxyl groups is 1. The van der Waals surface area contributed by atoms with Crippen LogP contribution in [0.4, 0.5) is 0 Å². The van der Waals surface area contributed by atoms with E-state index in [4.69, 9.17) is 14.9 Å². The van der Waals surface area contributed by atoms with E-state index >= 15 is 0 Å². The highest BCUT2D eigenvalue weighted by molar-refractivity contribution is 7.89. The molecule has 0 radical (unpaired) electrons. The molecule has 0 aliphatic carbocycles. The van der Waals surface area contributed by atoms with Crippen LogP contribution in [-0.2, 0) is 21.8 Å². The van der Waals surface area contributed by atoms with Crippen molar-refractivity contribution >= 4 is 16.0 Å². The molecule has 114 valence electrons. The van der Waals surface area contributed by atoms with E-state index in [1.165, 1.54) is 17.8 Å². The van der Waals surface area contributed by atoms with Gasteiger partial charge < -0.3 is 19.5 Å². The predicted molar refractivity (Wildman–Crippen MR) is 70.1 cm³/mol. The van der Waals surface area contributed by atoms with E-state index in [0.717, 1.165) is 6.07 Å². The fourth-order valence-corrected chi connectivity index (χ4v) is 2.67. The highest BCUT2D eigenvalue weighted by Gasteiger charge is 2.19. The standard InChI is InChI=1S/C11H18N2O6S/c1-13-8-9(7-10(13)11(15)16)20(17,18)12-3-2-5-19-6-4-14/h7-8,12,14H,2-6H2,1H3,(H,15,16). The molecule has 0 atom stereocenters. The van der Waals surface area contributed by atoms with Gasteiger partial charge >= 0.3 is 5.97 Å². The molecule has 0 saturated carbocycles. The van der Waals surface area contributed by atoms with Crippen LogP contribution in [-0.4, -0.2) is 55.5 Å². The van der Waals surface area contributed by atoms with Gasteiger partial charge in [-0.15, -0.1) is 0 Å². The Kier molecular flexibility index (Phi) is 6.14. The van der Waals surface area contributed by atoms with Gasteiger partial charge in [0.1, 0.15) is 10.6 Å². The minimum absolute atomic E-state index is 0.0757. The fraction of sp³-hybridized carbons (Fsp3) is 0.545. The van der Waals surface area contributed by atoms with Crippen LogP contribution in [0.1, 0.15) is 16.9 Å². The number of ether oxygens (including phenoxy) is 1. The van der Waals surface area contributed by atoms with Crippen LogP contribution in [0.2, 0.25) is 0 Å². The first kappa shape index (κ1) is 16.6. The van der Waals surface area contributed by atoms with Gasteiger partial charge in [0, 0.05) is 26.4 Å². The van der Waals surface area contributed by atoms with E-state index in [2.05, 4.69) is 4.72 Å². The van der Waals surface area contributed by atoms with Gasteiger partial charge in [0.25, 0.3) is 0 Å². The zero-order valence-electron chi connectivity index (χ0n) is 11.1. The summed E-state index contributed by atoms with van der Waals surface area (Å²) in [7, 11) is -2.26. The van der Waals surface area contributed by atoms with Gasteiger partial charge in [-0.3, -0.25) is 0 Å². The second-order valence-corrected chi connectivity index (χ2v) is 5.83. The van der Waals surface area contributed by atoms with Crippen molar-refractivity contribution in [2.24, 2.45) is 7.05 Å². The molecular weight excluding hydrogens is 288 g/mol. The smallest absolute Gasteiger partial charge is 0.352 e. The number of nitrogens with one attached hydrogen (secondary N) is 1. The normalized spacial score (nSPS) is 11.7. The number of aromatic nitrogens is 1. The van der Waals surface area contributed by atoms with Gasteiger partial charge in [0.15, 0.2) is 0 Å². The zero-order valence-corrected chi connectivity index (χ0v) is 11.9. The molecule has 1 aromatic heterocycles. The molecule has 0 bridgehead atoms. The van der Waals surface area contributed by atoms with Crippen molar-refractivity contribution < 1.29 is 28.2 Å². The minimum Gasteiger partial charge on any atom is -0.477 e. The van der Waals surface area contributed by atoms with Crippen LogP contribution < -0.4 is 4.72 Å². The lowest BCUT2D eigenvalue weighted by Gasteiger charge is -2.05. The van der Waals surface area contributed by atoms with E-state index in [9.17, 15) is 13.2 Å². The number of sulfonamides is 1. The molecule has 20 heavy (non-hydrogen) atoms. The topological polar surface area (TPSA) is 118 Å². The van der Waals surface area contributed by atoms with Crippen LogP contribution in [0, 0.1) is 0 Å². The first-order valence-electron chi connectivity index (χ1n) is 5.96. The molecule has 0 saturated heterocycles. The zero-order chi connectivity index (χ0) is 15.2. The summed E-state index contributed by atoms with van der Waals surface area (Å²) in [6.45, 7) is 0.643. The number of carboxylic acid groups (broad SMARTS) is 1. The second kappa shape index (κ2) is 7.39. The van der Waals surface area contributed by atoms with Crippen molar-refractivity contribution in [2.75, 3.05) is 26.4 Å². The quantitative estimate of drug-likeness (QED) is 0.524. The molecular formula is C11H18N2O6S. The monoisotopic (exact) mass is 306 g/mol. The molecule has 8 nitrogen and oxygen atoms in total. The number of aliphatic hydroxyl groups excluding tert-OH is 1. The summed E-state index contributed by atoms with van der Waals surface area (Å²) in [5, 5.41) is 17.4. The van der Waals surface area contributed by atoms with Gasteiger partial charge in [0.05, 0.1) is 13.2 Å². The van der Waals surface area contributed by atoms with Gasteiger partial charge in [-0.05, 0) is 12.5 Å². The Hall–Kier alpha value is -1.42. The molecule has 0 fully saturated rings. The Balaban J connectivity index is 2.56. The average Bonchev–Trinajstić information content (AvgIpc) is 2.76. The molecule has 0 spiro atoms. The molecule has 0 unspecified atom stereocenters. The van der Waals surface area contributed by atoms with Gasteiger partial charge in [-0.25, -0.2) is 17.9 Å². The largest absolute Gasteiger partial charge is 0.477 e. The Labute approximate surface area is 117 Å². The fourth-order valence-electron chi connectivity index (χ4n) is 1.52. The Morgan fingerprint density at radius 3 is 2.70 bits per heavy atom. The number of carbonyl (C=O) groups is 1. The third-order valence-electron chi connectivity index (χ3n) is 2.50. The summed E-state index contributed by atoms with van der Waals surface area (Å²) in [5.41, 5.74) is -0.100. The lowest BCUT2D eigenvalue weighted by Crippen LogP contribution is -2.25. The molecule has 1 rings (SSSR count).